The van der Waals surface area contributed by atoms with Gasteiger partial charge < -0.3 is 29.0 Å². The second-order valence-electron chi connectivity index (χ2n) is 15.4. The molecule has 0 radical (unpaired) electrons. The lowest BCUT2D eigenvalue weighted by molar-refractivity contribution is -0.207. The van der Waals surface area contributed by atoms with Crippen molar-refractivity contribution in [3.05, 3.63) is 36.4 Å². The Bertz CT molecular complexity index is 1350. The van der Waals surface area contributed by atoms with Crippen LogP contribution in [0.1, 0.15) is 98.7 Å². The lowest BCUT2D eigenvalue weighted by atomic mass is 9.44. The Morgan fingerprint density at radius 2 is 1.89 bits per heavy atom. The summed E-state index contributed by atoms with van der Waals surface area (Å²) in [7, 11) is -1.25. The van der Waals surface area contributed by atoms with Gasteiger partial charge in [0.1, 0.15) is 23.2 Å². The molecule has 9 nitrogen and oxygen atoms in total. The van der Waals surface area contributed by atoms with Crippen molar-refractivity contribution in [3.63, 3.8) is 0 Å². The molecule has 1 aromatic carbocycles. The van der Waals surface area contributed by atoms with Crippen LogP contribution >= 0.6 is 0 Å². The van der Waals surface area contributed by atoms with Gasteiger partial charge in [-0.25, -0.2) is 4.79 Å². The number of aliphatic hydroxyl groups is 1. The number of hydrogen-bond donors (Lipinski definition) is 2. The third-order valence-electron chi connectivity index (χ3n) is 11.7. The molecule has 0 saturated heterocycles. The fourth-order valence-electron chi connectivity index (χ4n) is 8.98. The Morgan fingerprint density at radius 1 is 1.18 bits per heavy atom. The average molecular weight is 625 g/mol. The van der Waals surface area contributed by atoms with Crippen LogP contribution in [-0.2, 0) is 28.5 Å². The molecule has 1 aliphatic heterocycles. The van der Waals surface area contributed by atoms with Crippen LogP contribution in [0, 0.1) is 34.0 Å². The molecule has 1 heterocycles. The van der Waals surface area contributed by atoms with E-state index in [-0.39, 0.29) is 42.0 Å². The maximum Gasteiger partial charge on any atom is 0.492 e. The largest absolute Gasteiger partial charge is 0.492 e. The summed E-state index contributed by atoms with van der Waals surface area (Å²) >= 11 is 0. The number of ether oxygens (including phenoxy) is 3. The van der Waals surface area contributed by atoms with Crippen LogP contribution in [0.3, 0.4) is 0 Å². The number of esters is 2. The molecule has 2 bridgehead atoms. The van der Waals surface area contributed by atoms with E-state index in [9.17, 15) is 24.5 Å². The van der Waals surface area contributed by atoms with Crippen molar-refractivity contribution in [3.8, 4) is 5.75 Å². The van der Waals surface area contributed by atoms with Gasteiger partial charge in [0, 0.05) is 23.2 Å². The lowest BCUT2D eigenvalue weighted by Gasteiger charge is -2.61. The second kappa shape index (κ2) is 11.8. The van der Waals surface area contributed by atoms with Crippen molar-refractivity contribution in [2.45, 2.75) is 111 Å². The molecule has 3 saturated carbocycles. The molecule has 246 valence electrons. The average Bonchev–Trinajstić information content (AvgIpc) is 3.47. The summed E-state index contributed by atoms with van der Waals surface area (Å²) in [4.78, 5) is 39.4. The van der Waals surface area contributed by atoms with E-state index < -0.39 is 53.8 Å². The molecule has 3 aliphatic carbocycles. The standard InChI is InChI=1S/C35H49BO9/c1-9-33(7)18-27(34(8)20(2)12-14-35(21(3)31(33)40)15-13-25(37)30(34)35)43-29(39)19-42-22-10-11-23-24(16-22)36(41)45-26(23)17-28(38)44-32(4,5)6/h9-11,16,20-21,26-27,30-31,40-41H,1,12-15,17-19H2,2-8H3/t20-,21+,26?,27-,30+,31+,33-,34+,35+/m1/s1. The number of hydrogen-bond acceptors (Lipinski definition) is 9. The molecule has 45 heavy (non-hydrogen) atoms. The van der Waals surface area contributed by atoms with Gasteiger partial charge in [-0.2, -0.15) is 0 Å². The van der Waals surface area contributed by atoms with Gasteiger partial charge in [0.15, 0.2) is 6.61 Å². The Kier molecular flexibility index (Phi) is 8.86. The van der Waals surface area contributed by atoms with E-state index in [1.165, 1.54) is 0 Å². The third-order valence-corrected chi connectivity index (χ3v) is 11.7. The smallest absolute Gasteiger partial charge is 0.482 e. The summed E-state index contributed by atoms with van der Waals surface area (Å²) in [6.45, 7) is 17.3. The zero-order valence-electron chi connectivity index (χ0n) is 27.8. The number of carbonyl (C=O) groups excluding carboxylic acids is 3. The highest BCUT2D eigenvalue weighted by molar-refractivity contribution is 6.61. The van der Waals surface area contributed by atoms with Gasteiger partial charge in [0.05, 0.1) is 18.6 Å². The van der Waals surface area contributed by atoms with Crippen molar-refractivity contribution in [2.24, 2.45) is 34.0 Å². The van der Waals surface area contributed by atoms with E-state index in [1.54, 1.807) is 45.0 Å². The van der Waals surface area contributed by atoms with Gasteiger partial charge in [-0.1, -0.05) is 39.8 Å². The maximum absolute atomic E-state index is 13.6. The maximum atomic E-state index is 13.6. The number of ketones is 1. The molecule has 4 aliphatic rings. The van der Waals surface area contributed by atoms with Crippen LogP contribution in [0.2, 0.25) is 0 Å². The highest BCUT2D eigenvalue weighted by atomic mass is 16.6. The number of Topliss-reactive ketones (excluding diaryl/α,β-unsaturated/α-hetero) is 1. The predicted octanol–water partition coefficient (Wildman–Crippen LogP) is 4.46. The van der Waals surface area contributed by atoms with Crippen molar-refractivity contribution >= 4 is 30.3 Å². The fraction of sp³-hybridized carbons (Fsp3) is 0.686. The van der Waals surface area contributed by atoms with Crippen molar-refractivity contribution in [1.82, 2.24) is 0 Å². The number of fused-ring (bicyclic) bond motifs is 1. The number of aliphatic hydroxyl groups excluding tert-OH is 1. The Hall–Kier alpha value is -2.69. The molecule has 0 spiro atoms. The third kappa shape index (κ3) is 5.87. The normalized spacial score (nSPS) is 37.6. The summed E-state index contributed by atoms with van der Waals surface area (Å²) in [5.41, 5.74) is -1.21. The first-order valence-electron chi connectivity index (χ1n) is 16.3. The van der Waals surface area contributed by atoms with Crippen LogP contribution in [0.25, 0.3) is 0 Å². The Morgan fingerprint density at radius 3 is 2.56 bits per heavy atom. The quantitative estimate of drug-likeness (QED) is 0.257. The monoisotopic (exact) mass is 624 g/mol. The fourth-order valence-corrected chi connectivity index (χ4v) is 8.98. The van der Waals surface area contributed by atoms with Crippen LogP contribution in [-0.4, -0.2) is 59.4 Å². The van der Waals surface area contributed by atoms with E-state index >= 15 is 0 Å². The second-order valence-corrected chi connectivity index (χ2v) is 15.4. The van der Waals surface area contributed by atoms with Gasteiger partial charge in [-0.3, -0.25) is 9.59 Å². The minimum absolute atomic E-state index is 0.0473. The first-order chi connectivity index (χ1) is 20.9. The number of benzene rings is 1. The van der Waals surface area contributed by atoms with E-state index in [4.69, 9.17) is 18.9 Å². The van der Waals surface area contributed by atoms with Gasteiger partial charge in [0.2, 0.25) is 0 Å². The molecule has 1 aromatic rings. The summed E-state index contributed by atoms with van der Waals surface area (Å²) < 4.78 is 23.1. The number of rotatable bonds is 7. The molecule has 0 aromatic heterocycles. The molecule has 10 heteroatoms. The van der Waals surface area contributed by atoms with Gasteiger partial charge >= 0.3 is 19.1 Å². The van der Waals surface area contributed by atoms with Crippen molar-refractivity contribution < 1.29 is 43.4 Å². The Balaban J connectivity index is 1.33. The SMILES string of the molecule is C=C[C@]1(C)C[C@@H](OC(=O)COc2ccc3c(c2)B(O)OC3CC(=O)OC(C)(C)C)[C@]2(C)[C@H](C)CC[C@]3(CCC(=O)[C@H]32)[C@@H](C)[C@@H]1O. The van der Waals surface area contributed by atoms with Crippen molar-refractivity contribution in [2.75, 3.05) is 6.61 Å². The zero-order chi connectivity index (χ0) is 33.1. The minimum atomic E-state index is -1.25. The highest BCUT2D eigenvalue weighted by Gasteiger charge is 2.68. The first-order valence-corrected chi connectivity index (χ1v) is 16.3. The minimum Gasteiger partial charge on any atom is -0.482 e. The van der Waals surface area contributed by atoms with E-state index in [0.717, 1.165) is 19.3 Å². The molecule has 5 rings (SSSR count). The lowest BCUT2D eigenvalue weighted by Crippen LogP contribution is -2.63. The molecule has 3 fully saturated rings. The van der Waals surface area contributed by atoms with Gasteiger partial charge in [-0.15, -0.1) is 6.58 Å². The van der Waals surface area contributed by atoms with Crippen LogP contribution in [0.5, 0.6) is 5.75 Å². The van der Waals surface area contributed by atoms with Crippen LogP contribution in [0.15, 0.2) is 30.9 Å². The van der Waals surface area contributed by atoms with Crippen LogP contribution < -0.4 is 10.2 Å². The van der Waals surface area contributed by atoms with E-state index in [2.05, 4.69) is 27.4 Å². The topological polar surface area (TPSA) is 129 Å². The van der Waals surface area contributed by atoms with Crippen LogP contribution in [0.4, 0.5) is 0 Å². The molecule has 2 N–H and O–H groups in total. The zero-order valence-corrected chi connectivity index (χ0v) is 27.8. The first kappa shape index (κ1) is 33.7. The van der Waals surface area contributed by atoms with E-state index in [1.807, 2.05) is 6.92 Å². The number of carbonyl (C=O) groups is 3. The molecular weight excluding hydrogens is 575 g/mol. The summed E-state index contributed by atoms with van der Waals surface area (Å²) in [5, 5.41) is 22.2. The predicted molar refractivity (Wildman–Crippen MR) is 168 cm³/mol. The van der Waals surface area contributed by atoms with Gasteiger partial charge in [-0.05, 0) is 86.9 Å². The molecule has 0 amide bonds. The van der Waals surface area contributed by atoms with Gasteiger partial charge in [0.25, 0.3) is 0 Å². The summed E-state index contributed by atoms with van der Waals surface area (Å²) in [6.07, 6.45) is 3.00. The molecule has 1 unspecified atom stereocenters. The van der Waals surface area contributed by atoms with E-state index in [0.29, 0.717) is 29.6 Å². The molecular formula is C35H49BO9. The van der Waals surface area contributed by atoms with Crippen molar-refractivity contribution in [1.29, 1.82) is 0 Å². The summed E-state index contributed by atoms with van der Waals surface area (Å²) in [5.74, 6) is -0.760. The Labute approximate surface area is 267 Å². The molecule has 9 atom stereocenters. The highest BCUT2D eigenvalue weighted by Crippen LogP contribution is 2.68. The summed E-state index contributed by atoms with van der Waals surface area (Å²) in [6, 6.07) is 4.97.